The van der Waals surface area contributed by atoms with Crippen LogP contribution in [0.3, 0.4) is 0 Å². The highest BCUT2D eigenvalue weighted by Crippen LogP contribution is 2.29. The Bertz CT molecular complexity index is 1060. The Morgan fingerprint density at radius 1 is 1.14 bits per heavy atom. The summed E-state index contributed by atoms with van der Waals surface area (Å²) in [5.74, 6) is -3.08. The number of hydrogen-bond acceptors (Lipinski definition) is 8. The van der Waals surface area contributed by atoms with Gasteiger partial charge < -0.3 is 30.3 Å². The summed E-state index contributed by atoms with van der Waals surface area (Å²) in [7, 11) is 1.63. The van der Waals surface area contributed by atoms with Crippen LogP contribution >= 0.6 is 0 Å². The van der Waals surface area contributed by atoms with Gasteiger partial charge in [0.15, 0.2) is 0 Å². The molecule has 1 aromatic heterocycles. The number of nitrogens with zero attached hydrogens (tertiary/aromatic N) is 2. The van der Waals surface area contributed by atoms with E-state index in [0.29, 0.717) is 38.0 Å². The molecule has 4 amide bonds. The highest BCUT2D eigenvalue weighted by Gasteiger charge is 2.38. The molecule has 0 aliphatic carbocycles. The van der Waals surface area contributed by atoms with Crippen LogP contribution in [0.15, 0.2) is 24.4 Å². The highest BCUT2D eigenvalue weighted by molar-refractivity contribution is 5.96. The van der Waals surface area contributed by atoms with Gasteiger partial charge in [0, 0.05) is 19.8 Å². The molecular weight excluding hydrogens is 542 g/mol. The van der Waals surface area contributed by atoms with E-state index in [1.54, 1.807) is 46.0 Å². The minimum absolute atomic E-state index is 0.0711. The normalized spacial score (nSPS) is 21.3. The fraction of sp³-hybridized carbons (Fsp3) is 0.667. The van der Waals surface area contributed by atoms with Gasteiger partial charge in [-0.15, -0.1) is 0 Å². The summed E-state index contributed by atoms with van der Waals surface area (Å²) in [6.07, 6.45) is 3.44. The molecule has 0 aromatic carbocycles. The van der Waals surface area contributed by atoms with Crippen molar-refractivity contribution in [1.29, 1.82) is 0 Å². The van der Waals surface area contributed by atoms with Crippen LogP contribution in [0.2, 0.25) is 0 Å². The van der Waals surface area contributed by atoms with E-state index in [0.717, 1.165) is 0 Å². The molecule has 1 saturated heterocycles. The average molecular weight is 590 g/mol. The number of pyridine rings is 1. The Labute approximate surface area is 248 Å². The Kier molecular flexibility index (Phi) is 13.7. The fourth-order valence-corrected chi connectivity index (χ4v) is 4.65. The van der Waals surface area contributed by atoms with Gasteiger partial charge in [0.1, 0.15) is 17.5 Å². The maximum Gasteiger partial charge on any atom is 0.409 e. The summed E-state index contributed by atoms with van der Waals surface area (Å²) in [4.78, 5) is 70.7. The summed E-state index contributed by atoms with van der Waals surface area (Å²) in [6, 6.07) is 4.12. The molecular formula is C30H47N5O7. The van der Waals surface area contributed by atoms with Gasteiger partial charge in [0.25, 0.3) is 0 Å². The molecule has 3 atom stereocenters. The predicted molar refractivity (Wildman–Crippen MR) is 157 cm³/mol. The van der Waals surface area contributed by atoms with Crippen molar-refractivity contribution in [3.8, 4) is 0 Å². The lowest BCUT2D eigenvalue weighted by atomic mass is 9.81. The number of amides is 4. The van der Waals surface area contributed by atoms with E-state index in [9.17, 15) is 24.0 Å². The van der Waals surface area contributed by atoms with Crippen molar-refractivity contribution >= 4 is 35.6 Å². The first-order chi connectivity index (χ1) is 19.8. The number of aromatic nitrogens is 1. The van der Waals surface area contributed by atoms with Crippen LogP contribution < -0.4 is 16.0 Å². The summed E-state index contributed by atoms with van der Waals surface area (Å²) in [6.45, 7) is 9.39. The molecule has 12 heteroatoms. The van der Waals surface area contributed by atoms with E-state index >= 15 is 0 Å². The van der Waals surface area contributed by atoms with Crippen LogP contribution in [0, 0.1) is 17.8 Å². The first-order valence-corrected chi connectivity index (χ1v) is 14.7. The van der Waals surface area contributed by atoms with Crippen molar-refractivity contribution in [2.24, 2.45) is 17.8 Å². The summed E-state index contributed by atoms with van der Waals surface area (Å²) < 4.78 is 11.1. The molecule has 2 rings (SSSR count). The Hall–Kier alpha value is -3.70. The second-order valence-electron chi connectivity index (χ2n) is 12.1. The van der Waals surface area contributed by atoms with Crippen molar-refractivity contribution in [3.05, 3.63) is 24.4 Å². The Morgan fingerprint density at radius 3 is 2.52 bits per heavy atom. The maximum atomic E-state index is 13.8. The minimum atomic E-state index is -0.948. The van der Waals surface area contributed by atoms with Gasteiger partial charge in [0.05, 0.1) is 25.0 Å². The molecule has 12 nitrogen and oxygen atoms in total. The van der Waals surface area contributed by atoms with Gasteiger partial charge in [-0.2, -0.15) is 0 Å². The number of carbonyl (C=O) groups excluding carboxylic acids is 5. The lowest BCUT2D eigenvalue weighted by Crippen LogP contribution is -2.51. The number of cyclic esters (lactones) is 1. The minimum Gasteiger partial charge on any atom is -0.460 e. The number of esters is 1. The number of carbonyl (C=O) groups is 5. The topological polar surface area (TPSA) is 156 Å². The highest BCUT2D eigenvalue weighted by atomic mass is 16.6. The van der Waals surface area contributed by atoms with Gasteiger partial charge >= 0.3 is 12.1 Å². The third kappa shape index (κ3) is 12.4. The molecule has 0 spiro atoms. The lowest BCUT2D eigenvalue weighted by molar-refractivity contribution is -0.164. The fourth-order valence-electron chi connectivity index (χ4n) is 4.65. The molecule has 0 bridgehead atoms. The van der Waals surface area contributed by atoms with E-state index < -0.39 is 53.3 Å². The smallest absolute Gasteiger partial charge is 0.409 e. The van der Waals surface area contributed by atoms with Crippen LogP contribution in [0.5, 0.6) is 0 Å². The molecule has 42 heavy (non-hydrogen) atoms. The first kappa shape index (κ1) is 34.5. The number of rotatable bonds is 7. The van der Waals surface area contributed by atoms with Crippen LogP contribution in [0.1, 0.15) is 73.1 Å². The lowest BCUT2D eigenvalue weighted by Gasteiger charge is -2.30. The zero-order valence-electron chi connectivity index (χ0n) is 25.7. The van der Waals surface area contributed by atoms with E-state index in [2.05, 4.69) is 20.9 Å². The zero-order chi connectivity index (χ0) is 31.3. The van der Waals surface area contributed by atoms with Crippen LogP contribution in [0.25, 0.3) is 0 Å². The van der Waals surface area contributed by atoms with Crippen molar-refractivity contribution in [3.63, 3.8) is 0 Å². The first-order valence-electron chi connectivity index (χ1n) is 14.7. The van der Waals surface area contributed by atoms with Gasteiger partial charge in [-0.25, -0.2) is 9.78 Å². The van der Waals surface area contributed by atoms with Gasteiger partial charge in [0.2, 0.25) is 17.7 Å². The van der Waals surface area contributed by atoms with Crippen LogP contribution in [-0.2, 0) is 28.7 Å². The summed E-state index contributed by atoms with van der Waals surface area (Å²) in [5, 5.41) is 8.08. The van der Waals surface area contributed by atoms with Crippen LogP contribution in [0.4, 0.5) is 10.6 Å². The summed E-state index contributed by atoms with van der Waals surface area (Å²) in [5.41, 5.74) is -0.764. The molecule has 2 heterocycles. The second kappa shape index (κ2) is 16.7. The molecule has 1 aromatic rings. The predicted octanol–water partition coefficient (Wildman–Crippen LogP) is 3.27. The van der Waals surface area contributed by atoms with E-state index in [1.807, 2.05) is 13.8 Å². The third-order valence-electron chi connectivity index (χ3n) is 6.68. The number of hydrogen-bond donors (Lipinski definition) is 3. The van der Waals surface area contributed by atoms with Crippen LogP contribution in [-0.4, -0.2) is 78.1 Å². The largest absolute Gasteiger partial charge is 0.460 e. The molecule has 0 unspecified atom stereocenters. The molecule has 1 fully saturated rings. The number of nitrogens with one attached hydrogen (secondary N) is 3. The monoisotopic (exact) mass is 589 g/mol. The maximum absolute atomic E-state index is 13.8. The van der Waals surface area contributed by atoms with Crippen molar-refractivity contribution in [2.45, 2.75) is 84.8 Å². The summed E-state index contributed by atoms with van der Waals surface area (Å²) >= 11 is 0. The van der Waals surface area contributed by atoms with Crippen molar-refractivity contribution in [1.82, 2.24) is 20.5 Å². The van der Waals surface area contributed by atoms with Crippen molar-refractivity contribution < 1.29 is 33.4 Å². The molecule has 1 aliphatic rings. The second-order valence-corrected chi connectivity index (χ2v) is 12.1. The van der Waals surface area contributed by atoms with Gasteiger partial charge in [-0.3, -0.25) is 19.2 Å². The van der Waals surface area contributed by atoms with E-state index in [1.165, 1.54) is 11.1 Å². The number of ether oxygens (including phenoxy) is 2. The molecule has 0 radical (unpaired) electrons. The SMILES string of the molecule is CC(C)C[C@H]1C(=O)N[C@H](C(=O)NCC(=O)Nc2ccccn2)CCCCN(C)C(=O)OCCC[C@@H]1C(=O)OC(C)(C)C. The molecule has 0 saturated carbocycles. The van der Waals surface area contributed by atoms with Crippen molar-refractivity contribution in [2.75, 3.05) is 32.1 Å². The molecule has 1 aliphatic heterocycles. The Balaban J connectivity index is 2.27. The van der Waals surface area contributed by atoms with Gasteiger partial charge in [-0.05, 0) is 77.3 Å². The zero-order valence-corrected chi connectivity index (χ0v) is 25.7. The average Bonchev–Trinajstić information content (AvgIpc) is 2.91. The van der Waals surface area contributed by atoms with Gasteiger partial charge in [-0.1, -0.05) is 19.9 Å². The Morgan fingerprint density at radius 2 is 1.88 bits per heavy atom. The molecule has 234 valence electrons. The standard InChI is InChI=1S/C30H47N5O7/c1-20(2)18-22-21(28(39)42-30(3,4)5)12-11-17-41-29(40)35(6)16-10-8-13-23(33-26(22)37)27(38)32-19-25(36)34-24-14-7-9-15-31-24/h7,9,14-15,20-23H,8,10-13,16-19H2,1-6H3,(H,32,38)(H,33,37)(H,31,34,36)/t21-,22+,23-/m0/s1. The third-order valence-corrected chi connectivity index (χ3v) is 6.68. The van der Waals surface area contributed by atoms with E-state index in [4.69, 9.17) is 9.47 Å². The number of anilines is 1. The quantitative estimate of drug-likeness (QED) is 0.409. The van der Waals surface area contributed by atoms with E-state index in [-0.39, 0.29) is 31.9 Å². The molecule has 3 N–H and O–H groups in total.